The van der Waals surface area contributed by atoms with Gasteiger partial charge < -0.3 is 9.84 Å². The molecule has 0 radical (unpaired) electrons. The lowest BCUT2D eigenvalue weighted by Gasteiger charge is -2.19. The number of halogens is 1. The first kappa shape index (κ1) is 16.1. The third-order valence-electron chi connectivity index (χ3n) is 2.88. The zero-order valence-electron chi connectivity index (χ0n) is 11.9. The van der Waals surface area contributed by atoms with Crippen molar-refractivity contribution >= 4 is 39.6 Å². The van der Waals surface area contributed by atoms with Crippen LogP contribution in [0.5, 0.6) is 11.5 Å². The van der Waals surface area contributed by atoms with Gasteiger partial charge in [-0.05, 0) is 32.0 Å². The van der Waals surface area contributed by atoms with Gasteiger partial charge in [-0.25, -0.2) is 4.21 Å². The van der Waals surface area contributed by atoms with Gasteiger partial charge in [-0.15, -0.1) is 11.3 Å². The zero-order valence-corrected chi connectivity index (χ0v) is 14.3. The number of ether oxygens (including phenoxy) is 1. The fraction of sp³-hybridized carbons (Fsp3) is 0.286. The minimum absolute atomic E-state index is 0.0262. The number of anilines is 1. The molecule has 1 N–H and O–H groups in total. The topological polar surface area (TPSA) is 49.8 Å². The van der Waals surface area contributed by atoms with Gasteiger partial charge in [0.05, 0.1) is 21.5 Å². The van der Waals surface area contributed by atoms with Crippen LogP contribution in [0, 0.1) is 6.92 Å². The largest absolute Gasteiger partial charge is 0.504 e. The van der Waals surface area contributed by atoms with Crippen molar-refractivity contribution < 1.29 is 14.1 Å². The lowest BCUT2D eigenvalue weighted by atomic mass is 10.3. The molecular formula is C14H16ClNO3S2. The Morgan fingerprint density at radius 1 is 1.43 bits per heavy atom. The summed E-state index contributed by atoms with van der Waals surface area (Å²) in [6, 6.07) is 6.66. The van der Waals surface area contributed by atoms with Crippen LogP contribution in [0.15, 0.2) is 29.2 Å². The quantitative estimate of drug-likeness (QED) is 0.891. The molecular weight excluding hydrogens is 330 g/mol. The van der Waals surface area contributed by atoms with Crippen LogP contribution >= 0.6 is 22.9 Å². The van der Waals surface area contributed by atoms with E-state index in [-0.39, 0.29) is 5.75 Å². The highest BCUT2D eigenvalue weighted by atomic mass is 35.5. The summed E-state index contributed by atoms with van der Waals surface area (Å²) >= 11 is 7.35. The van der Waals surface area contributed by atoms with Crippen molar-refractivity contribution in [3.05, 3.63) is 33.5 Å². The van der Waals surface area contributed by atoms with Crippen LogP contribution in [-0.2, 0) is 11.0 Å². The van der Waals surface area contributed by atoms with Gasteiger partial charge in [0.1, 0.15) is 0 Å². The van der Waals surface area contributed by atoms with Crippen molar-refractivity contribution in [3.63, 3.8) is 0 Å². The highest BCUT2D eigenvalue weighted by Gasteiger charge is 2.17. The number of hydrogen-bond acceptors (Lipinski definition) is 4. The molecule has 2 rings (SSSR count). The van der Waals surface area contributed by atoms with Gasteiger partial charge in [0.25, 0.3) is 0 Å². The molecule has 0 saturated carbocycles. The SMILES string of the molecule is CCOc1ccc(N(C)S(=O)c2cc(Cl)sc2C)cc1O. The van der Waals surface area contributed by atoms with Crippen LogP contribution in [0.25, 0.3) is 0 Å². The van der Waals surface area contributed by atoms with E-state index in [1.807, 2.05) is 13.8 Å². The Hall–Kier alpha value is -1.24. The molecule has 1 aromatic heterocycles. The summed E-state index contributed by atoms with van der Waals surface area (Å²) in [7, 11) is 0.323. The van der Waals surface area contributed by atoms with Gasteiger partial charge in [-0.3, -0.25) is 4.31 Å². The Morgan fingerprint density at radius 3 is 2.67 bits per heavy atom. The van der Waals surface area contributed by atoms with Crippen molar-refractivity contribution in [1.29, 1.82) is 0 Å². The van der Waals surface area contributed by atoms with Crippen molar-refractivity contribution in [2.45, 2.75) is 18.7 Å². The minimum Gasteiger partial charge on any atom is -0.504 e. The standard InChI is InChI=1S/C14H16ClNO3S2/c1-4-19-12-6-5-10(7-11(12)17)16(3)21(18)13-8-14(15)20-9(13)2/h5-8,17H,4H2,1-3H3. The average Bonchev–Trinajstić information content (AvgIpc) is 2.78. The molecule has 0 amide bonds. The maximum atomic E-state index is 12.6. The molecule has 114 valence electrons. The monoisotopic (exact) mass is 345 g/mol. The number of rotatable bonds is 5. The first-order chi connectivity index (χ1) is 9.93. The molecule has 0 aliphatic heterocycles. The van der Waals surface area contributed by atoms with Gasteiger partial charge >= 0.3 is 0 Å². The summed E-state index contributed by atoms with van der Waals surface area (Å²) in [5.74, 6) is 0.438. The zero-order chi connectivity index (χ0) is 15.6. The summed E-state index contributed by atoms with van der Waals surface area (Å²) in [6.45, 7) is 4.20. The fourth-order valence-corrected chi connectivity index (χ4v) is 4.45. The lowest BCUT2D eigenvalue weighted by Crippen LogP contribution is -2.20. The third kappa shape index (κ3) is 3.51. The predicted octanol–water partition coefficient (Wildman–Crippen LogP) is 3.97. The highest BCUT2D eigenvalue weighted by molar-refractivity contribution is 7.86. The predicted molar refractivity (Wildman–Crippen MR) is 88.2 cm³/mol. The van der Waals surface area contributed by atoms with Crippen LogP contribution < -0.4 is 9.04 Å². The molecule has 0 aliphatic rings. The summed E-state index contributed by atoms with van der Waals surface area (Å²) < 4.78 is 20.0. The van der Waals surface area contributed by atoms with Crippen molar-refractivity contribution in [1.82, 2.24) is 0 Å². The molecule has 0 aliphatic carbocycles. The van der Waals surface area contributed by atoms with Gasteiger partial charge in [-0.1, -0.05) is 11.6 Å². The molecule has 0 fully saturated rings. The summed E-state index contributed by atoms with van der Waals surface area (Å²) in [5, 5.41) is 9.91. The van der Waals surface area contributed by atoms with Gasteiger partial charge in [0.2, 0.25) is 0 Å². The number of aryl methyl sites for hydroxylation is 1. The Kier molecular flexibility index (Phi) is 5.13. The number of thiophene rings is 1. The normalized spacial score (nSPS) is 12.2. The number of benzene rings is 1. The van der Waals surface area contributed by atoms with Crippen LogP contribution in [0.4, 0.5) is 5.69 Å². The second kappa shape index (κ2) is 6.68. The number of nitrogens with zero attached hydrogens (tertiary/aromatic N) is 1. The molecule has 1 aromatic carbocycles. The molecule has 0 bridgehead atoms. The van der Waals surface area contributed by atoms with E-state index in [9.17, 15) is 9.32 Å². The van der Waals surface area contributed by atoms with Crippen LogP contribution in [-0.4, -0.2) is 23.0 Å². The van der Waals surface area contributed by atoms with Crippen molar-refractivity contribution in [2.24, 2.45) is 0 Å². The molecule has 4 nitrogen and oxygen atoms in total. The number of phenolic OH excluding ortho intramolecular Hbond substituents is 1. The van der Waals surface area contributed by atoms with E-state index >= 15 is 0 Å². The Bertz CT molecular complexity index is 672. The van der Waals surface area contributed by atoms with Gasteiger partial charge in [0.15, 0.2) is 22.5 Å². The van der Waals surface area contributed by atoms with E-state index in [0.717, 1.165) is 4.88 Å². The van der Waals surface area contributed by atoms with Gasteiger partial charge in [0, 0.05) is 18.0 Å². The minimum atomic E-state index is -1.38. The number of aromatic hydroxyl groups is 1. The van der Waals surface area contributed by atoms with Crippen molar-refractivity contribution in [3.8, 4) is 11.5 Å². The number of phenols is 1. The average molecular weight is 346 g/mol. The second-order valence-electron chi connectivity index (χ2n) is 4.30. The van der Waals surface area contributed by atoms with E-state index in [4.69, 9.17) is 16.3 Å². The Morgan fingerprint density at radius 2 is 2.14 bits per heavy atom. The smallest absolute Gasteiger partial charge is 0.161 e. The highest BCUT2D eigenvalue weighted by Crippen LogP contribution is 2.34. The molecule has 1 heterocycles. The number of hydrogen-bond donors (Lipinski definition) is 1. The second-order valence-corrected chi connectivity index (χ2v) is 7.68. The molecule has 2 aromatic rings. The molecule has 1 atom stereocenters. The van der Waals surface area contributed by atoms with E-state index in [1.54, 1.807) is 29.6 Å². The lowest BCUT2D eigenvalue weighted by molar-refractivity contribution is 0.318. The van der Waals surface area contributed by atoms with Crippen LogP contribution in [0.2, 0.25) is 4.34 Å². The fourth-order valence-electron chi connectivity index (χ4n) is 1.83. The molecule has 0 spiro atoms. The molecule has 0 saturated heterocycles. The first-order valence-corrected chi connectivity index (χ1v) is 8.61. The third-order valence-corrected chi connectivity index (χ3v) is 5.70. The molecule has 21 heavy (non-hydrogen) atoms. The molecule has 7 heteroatoms. The van der Waals surface area contributed by atoms with E-state index in [0.29, 0.717) is 27.3 Å². The Balaban J connectivity index is 2.27. The summed E-state index contributed by atoms with van der Waals surface area (Å²) in [4.78, 5) is 1.60. The van der Waals surface area contributed by atoms with Crippen LogP contribution in [0.3, 0.4) is 0 Å². The first-order valence-electron chi connectivity index (χ1n) is 6.31. The summed E-state index contributed by atoms with van der Waals surface area (Å²) in [6.07, 6.45) is 0. The molecule has 1 unspecified atom stereocenters. The van der Waals surface area contributed by atoms with E-state index in [2.05, 4.69) is 0 Å². The maximum absolute atomic E-state index is 12.6. The van der Waals surface area contributed by atoms with Gasteiger partial charge in [-0.2, -0.15) is 0 Å². The summed E-state index contributed by atoms with van der Waals surface area (Å²) in [5.41, 5.74) is 0.635. The van der Waals surface area contributed by atoms with E-state index < -0.39 is 11.0 Å². The Labute approximate surface area is 135 Å². The maximum Gasteiger partial charge on any atom is 0.161 e. The van der Waals surface area contributed by atoms with E-state index in [1.165, 1.54) is 17.4 Å². The van der Waals surface area contributed by atoms with Crippen molar-refractivity contribution in [2.75, 3.05) is 18.0 Å². The van der Waals surface area contributed by atoms with Crippen LogP contribution in [0.1, 0.15) is 11.8 Å².